The molecular weight excluding hydrogens is 209 g/mol. The van der Waals surface area contributed by atoms with Crippen molar-refractivity contribution in [2.75, 3.05) is 5.32 Å². The van der Waals surface area contributed by atoms with Gasteiger partial charge in [-0.15, -0.1) is 6.42 Å². The van der Waals surface area contributed by atoms with Crippen molar-refractivity contribution in [3.63, 3.8) is 0 Å². The number of terminal acetylenes is 1. The Bertz CT molecular complexity index is 461. The summed E-state index contributed by atoms with van der Waals surface area (Å²) in [4.78, 5) is 10.9. The van der Waals surface area contributed by atoms with Crippen LogP contribution in [0, 0.1) is 18.2 Å². The van der Waals surface area contributed by atoms with Crippen LogP contribution in [0.25, 0.3) is 0 Å². The van der Waals surface area contributed by atoms with E-state index in [1.54, 1.807) is 13.8 Å². The molecule has 0 saturated carbocycles. The first-order valence-corrected chi connectivity index (χ1v) is 4.65. The summed E-state index contributed by atoms with van der Waals surface area (Å²) in [7, 11) is 0. The van der Waals surface area contributed by atoms with Crippen molar-refractivity contribution in [1.82, 2.24) is 0 Å². The van der Waals surface area contributed by atoms with Gasteiger partial charge in [-0.3, -0.25) is 0 Å². The second kappa shape index (κ2) is 4.23. The Morgan fingerprint density at radius 2 is 2.19 bits per heavy atom. The fraction of sp³-hybridized carbons (Fsp3) is 0.250. The van der Waals surface area contributed by atoms with Crippen molar-refractivity contribution >= 4 is 11.7 Å². The van der Waals surface area contributed by atoms with Gasteiger partial charge in [0.15, 0.2) is 0 Å². The Kier molecular flexibility index (Phi) is 3.19. The predicted molar refractivity (Wildman–Crippen MR) is 59.9 cm³/mol. The lowest BCUT2D eigenvalue weighted by molar-refractivity contribution is 0.0697. The van der Waals surface area contributed by atoms with Crippen molar-refractivity contribution in [3.8, 4) is 12.3 Å². The molecule has 1 rings (SSSR count). The number of halogens is 1. The summed E-state index contributed by atoms with van der Waals surface area (Å²) >= 11 is 0. The third-order valence-corrected chi connectivity index (χ3v) is 2.04. The molecule has 0 unspecified atom stereocenters. The summed E-state index contributed by atoms with van der Waals surface area (Å²) in [5.41, 5.74) is -1.03. The van der Waals surface area contributed by atoms with Gasteiger partial charge in [-0.2, -0.15) is 0 Å². The van der Waals surface area contributed by atoms with Crippen LogP contribution >= 0.6 is 0 Å². The quantitative estimate of drug-likeness (QED) is 0.770. The number of carbonyl (C=O) groups is 1. The zero-order valence-electron chi connectivity index (χ0n) is 9.04. The smallest absolute Gasteiger partial charge is 0.337 e. The van der Waals surface area contributed by atoms with Crippen molar-refractivity contribution < 1.29 is 14.3 Å². The molecule has 1 aromatic rings. The summed E-state index contributed by atoms with van der Waals surface area (Å²) in [5.74, 6) is 0.577. The van der Waals surface area contributed by atoms with Crippen LogP contribution in [0.5, 0.6) is 0 Å². The summed E-state index contributed by atoms with van der Waals surface area (Å²) in [6.45, 7) is 3.32. The normalized spacial score (nSPS) is 10.6. The molecule has 16 heavy (non-hydrogen) atoms. The maximum atomic E-state index is 13.5. The largest absolute Gasteiger partial charge is 0.478 e. The average molecular weight is 221 g/mol. The van der Waals surface area contributed by atoms with E-state index in [1.807, 2.05) is 0 Å². The van der Waals surface area contributed by atoms with Gasteiger partial charge in [-0.1, -0.05) is 12.0 Å². The number of anilines is 1. The molecule has 0 amide bonds. The van der Waals surface area contributed by atoms with E-state index < -0.39 is 17.3 Å². The van der Waals surface area contributed by atoms with E-state index in [0.717, 1.165) is 0 Å². The Labute approximate surface area is 93.3 Å². The Morgan fingerprint density at radius 3 is 2.69 bits per heavy atom. The van der Waals surface area contributed by atoms with Crippen LogP contribution in [-0.2, 0) is 0 Å². The van der Waals surface area contributed by atoms with E-state index in [4.69, 9.17) is 11.5 Å². The summed E-state index contributed by atoms with van der Waals surface area (Å²) in [6, 6.07) is 3.84. The van der Waals surface area contributed by atoms with Gasteiger partial charge >= 0.3 is 5.97 Å². The minimum atomic E-state index is -1.20. The lowest BCUT2D eigenvalue weighted by Crippen LogP contribution is -2.30. The van der Waals surface area contributed by atoms with Crippen LogP contribution in [-0.4, -0.2) is 16.6 Å². The first kappa shape index (κ1) is 12.1. The average Bonchev–Trinajstić information content (AvgIpc) is 2.20. The number of hydrogen-bond donors (Lipinski definition) is 2. The van der Waals surface area contributed by atoms with Crippen LogP contribution in [0.2, 0.25) is 0 Å². The lowest BCUT2D eigenvalue weighted by atomic mass is 10.0. The van der Waals surface area contributed by atoms with Crippen molar-refractivity contribution in [2.24, 2.45) is 0 Å². The number of benzene rings is 1. The Hall–Kier alpha value is -2.02. The molecule has 4 heteroatoms. The SMILES string of the molecule is C#CC(C)(C)Nc1c(F)cccc1C(=O)O. The van der Waals surface area contributed by atoms with Gasteiger partial charge in [-0.05, 0) is 26.0 Å². The number of nitrogens with one attached hydrogen (secondary N) is 1. The summed E-state index contributed by atoms with van der Waals surface area (Å²) < 4.78 is 13.5. The molecule has 1 aromatic carbocycles. The minimum absolute atomic E-state index is 0.0852. The van der Waals surface area contributed by atoms with Crippen molar-refractivity contribution in [3.05, 3.63) is 29.6 Å². The third-order valence-electron chi connectivity index (χ3n) is 2.04. The molecule has 0 aromatic heterocycles. The van der Waals surface area contributed by atoms with E-state index in [2.05, 4.69) is 11.2 Å². The first-order valence-electron chi connectivity index (χ1n) is 4.65. The molecule has 0 aliphatic carbocycles. The number of hydrogen-bond acceptors (Lipinski definition) is 2. The standard InChI is InChI=1S/C12H12FNO2/c1-4-12(2,3)14-10-8(11(15)16)6-5-7-9(10)13/h1,5-7,14H,2-3H3,(H,15,16). The lowest BCUT2D eigenvalue weighted by Gasteiger charge is -2.22. The van der Waals surface area contributed by atoms with E-state index in [0.29, 0.717) is 0 Å². The molecule has 0 atom stereocenters. The monoisotopic (exact) mass is 221 g/mol. The van der Waals surface area contributed by atoms with Crippen LogP contribution < -0.4 is 5.32 Å². The second-order valence-corrected chi connectivity index (χ2v) is 3.86. The van der Waals surface area contributed by atoms with Crippen LogP contribution in [0.3, 0.4) is 0 Å². The molecule has 84 valence electrons. The topological polar surface area (TPSA) is 49.3 Å². The van der Waals surface area contributed by atoms with Gasteiger partial charge in [0, 0.05) is 0 Å². The number of aromatic carboxylic acids is 1. The zero-order chi connectivity index (χ0) is 12.3. The molecule has 0 saturated heterocycles. The molecule has 3 nitrogen and oxygen atoms in total. The molecule has 0 spiro atoms. The minimum Gasteiger partial charge on any atom is -0.478 e. The summed E-state index contributed by atoms with van der Waals surface area (Å²) in [6.07, 6.45) is 5.25. The highest BCUT2D eigenvalue weighted by Crippen LogP contribution is 2.23. The fourth-order valence-corrected chi connectivity index (χ4v) is 1.18. The first-order chi connectivity index (χ1) is 7.37. The molecular formula is C12H12FNO2. The highest BCUT2D eigenvalue weighted by atomic mass is 19.1. The molecule has 0 radical (unpaired) electrons. The van der Waals surface area contributed by atoms with E-state index in [1.165, 1.54) is 18.2 Å². The van der Waals surface area contributed by atoms with Crippen LogP contribution in [0.15, 0.2) is 18.2 Å². The van der Waals surface area contributed by atoms with Gasteiger partial charge in [0.05, 0.1) is 16.8 Å². The van der Waals surface area contributed by atoms with Gasteiger partial charge in [0.1, 0.15) is 5.82 Å². The predicted octanol–water partition coefficient (Wildman–Crippen LogP) is 2.35. The third kappa shape index (κ3) is 2.51. The van der Waals surface area contributed by atoms with E-state index in [9.17, 15) is 9.18 Å². The molecule has 0 aliphatic heterocycles. The number of carboxylic acid groups (broad SMARTS) is 1. The van der Waals surface area contributed by atoms with Gasteiger partial charge in [0.2, 0.25) is 0 Å². The fourth-order valence-electron chi connectivity index (χ4n) is 1.18. The maximum absolute atomic E-state index is 13.5. The number of rotatable bonds is 3. The Balaban J connectivity index is 3.23. The van der Waals surface area contributed by atoms with E-state index in [-0.39, 0.29) is 11.3 Å². The van der Waals surface area contributed by atoms with Crippen molar-refractivity contribution in [2.45, 2.75) is 19.4 Å². The number of carboxylic acids is 1. The molecule has 0 bridgehead atoms. The van der Waals surface area contributed by atoms with Crippen LogP contribution in [0.1, 0.15) is 24.2 Å². The second-order valence-electron chi connectivity index (χ2n) is 3.86. The highest BCUT2D eigenvalue weighted by Gasteiger charge is 2.20. The zero-order valence-corrected chi connectivity index (χ0v) is 9.04. The van der Waals surface area contributed by atoms with Crippen LogP contribution in [0.4, 0.5) is 10.1 Å². The molecule has 0 heterocycles. The van der Waals surface area contributed by atoms with E-state index >= 15 is 0 Å². The van der Waals surface area contributed by atoms with Crippen molar-refractivity contribution in [1.29, 1.82) is 0 Å². The molecule has 0 aliphatic rings. The molecule has 2 N–H and O–H groups in total. The van der Waals surface area contributed by atoms with Gasteiger partial charge in [0.25, 0.3) is 0 Å². The van der Waals surface area contributed by atoms with Gasteiger partial charge in [-0.25, -0.2) is 9.18 Å². The maximum Gasteiger partial charge on any atom is 0.337 e. The summed E-state index contributed by atoms with van der Waals surface area (Å²) in [5, 5.41) is 11.6. The number of para-hydroxylation sites is 1. The highest BCUT2D eigenvalue weighted by molar-refractivity contribution is 5.94. The van der Waals surface area contributed by atoms with Gasteiger partial charge < -0.3 is 10.4 Å². The molecule has 0 fully saturated rings. The Morgan fingerprint density at radius 1 is 1.56 bits per heavy atom.